The van der Waals surface area contributed by atoms with Crippen LogP contribution in [0.2, 0.25) is 0 Å². The molecule has 1 aliphatic rings. The molecule has 0 aliphatic carbocycles. The molecule has 0 radical (unpaired) electrons. The van der Waals surface area contributed by atoms with E-state index in [9.17, 15) is 4.79 Å². The van der Waals surface area contributed by atoms with Crippen LogP contribution in [0.4, 0.5) is 0 Å². The summed E-state index contributed by atoms with van der Waals surface area (Å²) in [5, 5.41) is 2.90. The van der Waals surface area contributed by atoms with E-state index < -0.39 is 0 Å². The third-order valence-corrected chi connectivity index (χ3v) is 3.56. The summed E-state index contributed by atoms with van der Waals surface area (Å²) in [6, 6.07) is 7.61. The molecule has 1 N–H and O–H groups in total. The van der Waals surface area contributed by atoms with Gasteiger partial charge >= 0.3 is 0 Å². The van der Waals surface area contributed by atoms with Gasteiger partial charge in [0.15, 0.2) is 11.5 Å². The largest absolute Gasteiger partial charge is 0.486 e. The number of carbonyl (C=O) groups is 1. The quantitative estimate of drug-likeness (QED) is 0.938. The molecule has 1 amide bonds. The molecule has 2 heterocycles. The Morgan fingerprint density at radius 3 is 2.77 bits per heavy atom. The van der Waals surface area contributed by atoms with E-state index in [1.165, 1.54) is 0 Å². The average molecular weight is 298 g/mol. The molecule has 114 valence electrons. The predicted molar refractivity (Wildman–Crippen MR) is 82.0 cm³/mol. The Morgan fingerprint density at radius 2 is 2.05 bits per heavy atom. The second-order valence-corrected chi connectivity index (χ2v) is 5.24. The molecule has 1 aromatic heterocycles. The monoisotopic (exact) mass is 298 g/mol. The van der Waals surface area contributed by atoms with Crippen LogP contribution in [0.3, 0.4) is 0 Å². The summed E-state index contributed by atoms with van der Waals surface area (Å²) in [6.45, 7) is 3.57. The van der Waals surface area contributed by atoms with Crippen LogP contribution in [0, 0.1) is 6.92 Å². The Bertz CT molecular complexity index is 671. The summed E-state index contributed by atoms with van der Waals surface area (Å²) in [4.78, 5) is 16.1. The number of pyridine rings is 1. The van der Waals surface area contributed by atoms with E-state index in [1.807, 2.05) is 31.2 Å². The van der Waals surface area contributed by atoms with Crippen LogP contribution in [0.25, 0.3) is 0 Å². The van der Waals surface area contributed by atoms with E-state index >= 15 is 0 Å². The third-order valence-electron chi connectivity index (χ3n) is 3.56. The van der Waals surface area contributed by atoms with E-state index in [0.29, 0.717) is 31.9 Å². The van der Waals surface area contributed by atoms with Crippen molar-refractivity contribution in [3.63, 3.8) is 0 Å². The van der Waals surface area contributed by atoms with Crippen molar-refractivity contribution in [2.45, 2.75) is 19.9 Å². The molecule has 0 spiro atoms. The van der Waals surface area contributed by atoms with Crippen LogP contribution in [-0.2, 0) is 17.8 Å². The van der Waals surface area contributed by atoms with Crippen LogP contribution in [0.15, 0.2) is 36.7 Å². The van der Waals surface area contributed by atoms with E-state index in [0.717, 1.165) is 22.4 Å². The molecule has 0 saturated heterocycles. The second kappa shape index (κ2) is 6.47. The van der Waals surface area contributed by atoms with E-state index in [-0.39, 0.29) is 5.91 Å². The number of benzene rings is 1. The number of fused-ring (bicyclic) bond motifs is 1. The fraction of sp³-hybridized carbons (Fsp3) is 0.294. The Kier molecular flexibility index (Phi) is 4.23. The van der Waals surface area contributed by atoms with Crippen molar-refractivity contribution >= 4 is 5.91 Å². The topological polar surface area (TPSA) is 60.5 Å². The Hall–Kier alpha value is -2.56. The van der Waals surface area contributed by atoms with Crippen molar-refractivity contribution in [2.24, 2.45) is 0 Å². The van der Waals surface area contributed by atoms with Crippen LogP contribution < -0.4 is 14.8 Å². The highest BCUT2D eigenvalue weighted by molar-refractivity contribution is 5.79. The number of rotatable bonds is 4. The normalized spacial score (nSPS) is 12.8. The molecule has 0 bridgehead atoms. The SMILES string of the molecule is Cc1cc2c(cc1CC(=O)NCc1cccnc1)OCCO2. The number of hydrogen-bond donors (Lipinski definition) is 1. The summed E-state index contributed by atoms with van der Waals surface area (Å²) in [5.41, 5.74) is 2.96. The zero-order valence-electron chi connectivity index (χ0n) is 12.5. The van der Waals surface area contributed by atoms with Gasteiger partial charge in [-0.2, -0.15) is 0 Å². The number of hydrogen-bond acceptors (Lipinski definition) is 4. The summed E-state index contributed by atoms with van der Waals surface area (Å²) >= 11 is 0. The first-order chi connectivity index (χ1) is 10.7. The molecular weight excluding hydrogens is 280 g/mol. The van der Waals surface area contributed by atoms with Gasteiger partial charge < -0.3 is 14.8 Å². The van der Waals surface area contributed by atoms with Gasteiger partial charge in [0.05, 0.1) is 6.42 Å². The molecule has 5 nitrogen and oxygen atoms in total. The first-order valence-electron chi connectivity index (χ1n) is 7.27. The maximum atomic E-state index is 12.1. The lowest BCUT2D eigenvalue weighted by Gasteiger charge is -2.20. The number of carbonyl (C=O) groups excluding carboxylic acids is 1. The lowest BCUT2D eigenvalue weighted by Crippen LogP contribution is -2.25. The highest BCUT2D eigenvalue weighted by Gasteiger charge is 2.15. The van der Waals surface area contributed by atoms with Crippen LogP contribution in [0.1, 0.15) is 16.7 Å². The highest BCUT2D eigenvalue weighted by Crippen LogP contribution is 2.33. The van der Waals surface area contributed by atoms with Crippen LogP contribution in [-0.4, -0.2) is 24.1 Å². The van der Waals surface area contributed by atoms with Gasteiger partial charge in [-0.1, -0.05) is 6.07 Å². The fourth-order valence-electron chi connectivity index (χ4n) is 2.36. The van der Waals surface area contributed by atoms with Crippen LogP contribution in [0.5, 0.6) is 11.5 Å². The smallest absolute Gasteiger partial charge is 0.224 e. The van der Waals surface area contributed by atoms with Gasteiger partial charge in [0.2, 0.25) is 5.91 Å². The van der Waals surface area contributed by atoms with Gasteiger partial charge in [0.25, 0.3) is 0 Å². The minimum Gasteiger partial charge on any atom is -0.486 e. The molecule has 3 rings (SSSR count). The molecule has 2 aromatic rings. The number of aromatic nitrogens is 1. The van der Waals surface area contributed by atoms with Crippen LogP contribution >= 0.6 is 0 Å². The second-order valence-electron chi connectivity index (χ2n) is 5.24. The third kappa shape index (κ3) is 3.36. The Labute approximate surface area is 129 Å². The summed E-state index contributed by atoms with van der Waals surface area (Å²) in [5.74, 6) is 1.44. The lowest BCUT2D eigenvalue weighted by atomic mass is 10.0. The van der Waals surface area contributed by atoms with Gasteiger partial charge in [-0.15, -0.1) is 0 Å². The predicted octanol–water partition coefficient (Wildman–Crippen LogP) is 2.02. The molecule has 22 heavy (non-hydrogen) atoms. The number of aryl methyl sites for hydroxylation is 1. The first-order valence-corrected chi connectivity index (χ1v) is 7.27. The zero-order valence-corrected chi connectivity index (χ0v) is 12.5. The van der Waals surface area contributed by atoms with Crippen molar-refractivity contribution in [3.8, 4) is 11.5 Å². The Morgan fingerprint density at radius 1 is 1.27 bits per heavy atom. The van der Waals surface area contributed by atoms with E-state index in [4.69, 9.17) is 9.47 Å². The van der Waals surface area contributed by atoms with Gasteiger partial charge in [-0.05, 0) is 41.8 Å². The molecule has 0 atom stereocenters. The summed E-state index contributed by atoms with van der Waals surface area (Å²) < 4.78 is 11.1. The fourth-order valence-corrected chi connectivity index (χ4v) is 2.36. The van der Waals surface area contributed by atoms with Gasteiger partial charge in [0.1, 0.15) is 13.2 Å². The number of nitrogens with zero attached hydrogens (tertiary/aromatic N) is 1. The zero-order chi connectivity index (χ0) is 15.4. The molecular formula is C17H18N2O3. The standard InChI is InChI=1S/C17H18N2O3/c1-12-7-15-16(22-6-5-21-15)8-14(12)9-17(20)19-11-13-3-2-4-18-10-13/h2-4,7-8,10H,5-6,9,11H2,1H3,(H,19,20). The molecule has 0 saturated carbocycles. The maximum Gasteiger partial charge on any atom is 0.224 e. The number of nitrogens with one attached hydrogen (secondary N) is 1. The van der Waals surface area contributed by atoms with Crippen molar-refractivity contribution in [3.05, 3.63) is 53.3 Å². The van der Waals surface area contributed by atoms with Gasteiger partial charge in [-0.3, -0.25) is 9.78 Å². The molecule has 0 unspecified atom stereocenters. The van der Waals surface area contributed by atoms with Gasteiger partial charge in [-0.25, -0.2) is 0 Å². The van der Waals surface area contributed by atoms with E-state index in [2.05, 4.69) is 10.3 Å². The first kappa shape index (κ1) is 14.4. The lowest BCUT2D eigenvalue weighted by molar-refractivity contribution is -0.120. The summed E-state index contributed by atoms with van der Waals surface area (Å²) in [7, 11) is 0. The molecule has 5 heteroatoms. The van der Waals surface area contributed by atoms with Crippen molar-refractivity contribution in [2.75, 3.05) is 13.2 Å². The van der Waals surface area contributed by atoms with E-state index in [1.54, 1.807) is 12.4 Å². The molecule has 1 aliphatic heterocycles. The minimum absolute atomic E-state index is 0.0244. The minimum atomic E-state index is -0.0244. The van der Waals surface area contributed by atoms with Gasteiger partial charge in [0, 0.05) is 18.9 Å². The highest BCUT2D eigenvalue weighted by atomic mass is 16.6. The number of ether oxygens (including phenoxy) is 2. The van der Waals surface area contributed by atoms with Crippen molar-refractivity contribution in [1.82, 2.24) is 10.3 Å². The summed E-state index contributed by atoms with van der Waals surface area (Å²) in [6.07, 6.45) is 3.78. The molecule has 1 aromatic carbocycles. The maximum absolute atomic E-state index is 12.1. The van der Waals surface area contributed by atoms with Crippen molar-refractivity contribution < 1.29 is 14.3 Å². The molecule has 0 fully saturated rings. The van der Waals surface area contributed by atoms with Crippen molar-refractivity contribution in [1.29, 1.82) is 0 Å². The number of amides is 1. The average Bonchev–Trinajstić information content (AvgIpc) is 2.55. The Balaban J connectivity index is 1.64.